The Kier molecular flexibility index (Phi) is 8.54. The molecule has 1 aromatic carbocycles. The summed E-state index contributed by atoms with van der Waals surface area (Å²) in [7, 11) is 0. The summed E-state index contributed by atoms with van der Waals surface area (Å²) in [6, 6.07) is 6.09. The minimum atomic E-state index is -1.31. The Bertz CT molecular complexity index is 1030. The van der Waals surface area contributed by atoms with Crippen LogP contribution in [-0.2, 0) is 19.2 Å². The highest BCUT2D eigenvalue weighted by Gasteiger charge is 2.26. The first kappa shape index (κ1) is 24.7. The lowest BCUT2D eigenvalue weighted by molar-refractivity contribution is -0.139. The van der Waals surface area contributed by atoms with Crippen molar-refractivity contribution in [2.24, 2.45) is 5.16 Å². The molecule has 3 rings (SSSR count). The maximum absolute atomic E-state index is 12.3. The van der Waals surface area contributed by atoms with Gasteiger partial charge in [-0.25, -0.2) is 9.59 Å². The molecule has 1 aliphatic rings. The SMILES string of the molecule is CCCCOC(=O)N[C@@H](CNC(=O)CC1CC(c2ccc(-c3noc(C)n3)cc2)=NO1)C(=O)O. The number of ether oxygens (including phenoxy) is 1. The second kappa shape index (κ2) is 11.8. The third-order valence-electron chi connectivity index (χ3n) is 4.97. The summed E-state index contributed by atoms with van der Waals surface area (Å²) in [5, 5.41) is 21.9. The smallest absolute Gasteiger partial charge is 0.407 e. The van der Waals surface area contributed by atoms with E-state index in [0.717, 1.165) is 17.5 Å². The van der Waals surface area contributed by atoms with E-state index < -0.39 is 30.1 Å². The van der Waals surface area contributed by atoms with E-state index in [9.17, 15) is 19.5 Å². The largest absolute Gasteiger partial charge is 0.480 e. The normalized spacial score (nSPS) is 15.7. The molecule has 3 N–H and O–H groups in total. The van der Waals surface area contributed by atoms with Gasteiger partial charge in [-0.05, 0) is 12.0 Å². The van der Waals surface area contributed by atoms with Gasteiger partial charge in [-0.1, -0.05) is 47.9 Å². The van der Waals surface area contributed by atoms with Crippen LogP contribution in [0.15, 0.2) is 33.9 Å². The number of rotatable bonds is 11. The number of aryl methyl sites for hydroxylation is 1. The van der Waals surface area contributed by atoms with E-state index in [1.165, 1.54) is 0 Å². The fourth-order valence-corrected chi connectivity index (χ4v) is 3.12. The average molecular weight is 473 g/mol. The summed E-state index contributed by atoms with van der Waals surface area (Å²) in [6.07, 6.45) is 0.596. The van der Waals surface area contributed by atoms with Crippen LogP contribution >= 0.6 is 0 Å². The highest BCUT2D eigenvalue weighted by atomic mass is 16.6. The number of aromatic nitrogens is 2. The van der Waals surface area contributed by atoms with E-state index in [1.54, 1.807) is 6.92 Å². The lowest BCUT2D eigenvalue weighted by atomic mass is 10.0. The molecule has 0 bridgehead atoms. The van der Waals surface area contributed by atoms with E-state index in [4.69, 9.17) is 14.1 Å². The summed E-state index contributed by atoms with van der Waals surface area (Å²) < 4.78 is 9.88. The van der Waals surface area contributed by atoms with E-state index in [1.807, 2.05) is 31.2 Å². The molecule has 1 aliphatic heterocycles. The lowest BCUT2D eigenvalue weighted by Gasteiger charge is -2.16. The predicted molar refractivity (Wildman–Crippen MR) is 119 cm³/mol. The van der Waals surface area contributed by atoms with Gasteiger partial charge in [0.2, 0.25) is 17.6 Å². The molecule has 12 nitrogen and oxygen atoms in total. The maximum atomic E-state index is 12.3. The van der Waals surface area contributed by atoms with Crippen molar-refractivity contribution in [2.75, 3.05) is 13.2 Å². The molecule has 0 spiro atoms. The number of alkyl carbamates (subject to hydrolysis) is 1. The number of carboxylic acids is 1. The third-order valence-corrected chi connectivity index (χ3v) is 4.97. The molecule has 0 saturated heterocycles. The summed E-state index contributed by atoms with van der Waals surface area (Å²) in [5.41, 5.74) is 2.32. The Morgan fingerprint density at radius 2 is 1.97 bits per heavy atom. The molecule has 12 heteroatoms. The van der Waals surface area contributed by atoms with Crippen LogP contribution < -0.4 is 10.6 Å². The number of carboxylic acid groups (broad SMARTS) is 1. The summed E-state index contributed by atoms with van der Waals surface area (Å²) >= 11 is 0. The molecule has 0 fully saturated rings. The molecule has 34 heavy (non-hydrogen) atoms. The lowest BCUT2D eigenvalue weighted by Crippen LogP contribution is -2.48. The second-order valence-electron chi connectivity index (χ2n) is 7.72. The minimum absolute atomic E-state index is 0.0134. The Morgan fingerprint density at radius 3 is 2.62 bits per heavy atom. The molecule has 1 aromatic heterocycles. The number of nitrogens with zero attached hydrogens (tertiary/aromatic N) is 3. The zero-order valence-electron chi connectivity index (χ0n) is 18.9. The molecule has 2 heterocycles. The van der Waals surface area contributed by atoms with Gasteiger partial charge in [0, 0.05) is 25.5 Å². The van der Waals surface area contributed by atoms with Crippen LogP contribution in [-0.4, -0.2) is 64.2 Å². The average Bonchev–Trinajstić information content (AvgIpc) is 3.46. The van der Waals surface area contributed by atoms with Crippen LogP contribution in [0.3, 0.4) is 0 Å². The van der Waals surface area contributed by atoms with Crippen molar-refractivity contribution in [3.63, 3.8) is 0 Å². The Balaban J connectivity index is 1.44. The van der Waals surface area contributed by atoms with Gasteiger partial charge in [0.15, 0.2) is 0 Å². The predicted octanol–water partition coefficient (Wildman–Crippen LogP) is 2.02. The van der Waals surface area contributed by atoms with Crippen molar-refractivity contribution in [3.8, 4) is 11.4 Å². The first-order valence-electron chi connectivity index (χ1n) is 10.9. The number of hydrogen-bond donors (Lipinski definition) is 3. The quantitative estimate of drug-likeness (QED) is 0.414. The van der Waals surface area contributed by atoms with Gasteiger partial charge in [-0.15, -0.1) is 0 Å². The van der Waals surface area contributed by atoms with Crippen LogP contribution in [0.1, 0.15) is 44.1 Å². The van der Waals surface area contributed by atoms with Gasteiger partial charge in [0.25, 0.3) is 0 Å². The molecular formula is C22H27N5O7. The number of nitrogens with one attached hydrogen (secondary N) is 2. The van der Waals surface area contributed by atoms with Crippen LogP contribution in [0.2, 0.25) is 0 Å². The van der Waals surface area contributed by atoms with Gasteiger partial charge in [0.05, 0.1) is 18.7 Å². The monoisotopic (exact) mass is 473 g/mol. The zero-order valence-corrected chi connectivity index (χ0v) is 18.9. The number of benzene rings is 1. The van der Waals surface area contributed by atoms with Crippen molar-refractivity contribution < 1.29 is 33.6 Å². The maximum Gasteiger partial charge on any atom is 0.407 e. The summed E-state index contributed by atoms with van der Waals surface area (Å²) in [5.74, 6) is -0.732. The summed E-state index contributed by atoms with van der Waals surface area (Å²) in [6.45, 7) is 3.57. The van der Waals surface area contributed by atoms with Gasteiger partial charge >= 0.3 is 12.1 Å². The van der Waals surface area contributed by atoms with Gasteiger partial charge in [-0.3, -0.25) is 4.79 Å². The molecule has 2 atom stereocenters. The van der Waals surface area contributed by atoms with E-state index in [2.05, 4.69) is 25.9 Å². The number of aliphatic carboxylic acids is 1. The number of amides is 2. The van der Waals surface area contributed by atoms with Crippen LogP contribution in [0.25, 0.3) is 11.4 Å². The number of carbonyl (C=O) groups is 3. The van der Waals surface area contributed by atoms with Gasteiger partial charge in [-0.2, -0.15) is 4.98 Å². The molecule has 0 saturated carbocycles. The Labute approximate surface area is 195 Å². The molecule has 2 amide bonds. The molecular weight excluding hydrogens is 446 g/mol. The number of unbranched alkanes of at least 4 members (excludes halogenated alkanes) is 1. The molecule has 1 unspecified atom stereocenters. The Hall–Kier alpha value is -3.96. The third kappa shape index (κ3) is 7.02. The molecule has 182 valence electrons. The highest BCUT2D eigenvalue weighted by molar-refractivity contribution is 6.01. The van der Waals surface area contributed by atoms with Crippen molar-refractivity contribution >= 4 is 23.7 Å². The topological polar surface area (TPSA) is 165 Å². The van der Waals surface area contributed by atoms with Gasteiger partial charge < -0.3 is 29.8 Å². The second-order valence-corrected chi connectivity index (χ2v) is 7.72. The zero-order chi connectivity index (χ0) is 24.5. The van der Waals surface area contributed by atoms with Crippen molar-refractivity contribution in [1.29, 1.82) is 0 Å². The first-order chi connectivity index (χ1) is 16.4. The van der Waals surface area contributed by atoms with E-state index >= 15 is 0 Å². The summed E-state index contributed by atoms with van der Waals surface area (Å²) in [4.78, 5) is 44.8. The van der Waals surface area contributed by atoms with Crippen LogP contribution in [0, 0.1) is 6.92 Å². The van der Waals surface area contributed by atoms with E-state index in [0.29, 0.717) is 30.3 Å². The number of carbonyl (C=O) groups excluding carboxylic acids is 2. The van der Waals surface area contributed by atoms with Crippen molar-refractivity contribution in [2.45, 2.75) is 51.7 Å². The van der Waals surface area contributed by atoms with Crippen LogP contribution in [0.4, 0.5) is 4.79 Å². The van der Waals surface area contributed by atoms with Crippen molar-refractivity contribution in [1.82, 2.24) is 20.8 Å². The first-order valence-corrected chi connectivity index (χ1v) is 10.9. The molecule has 0 aliphatic carbocycles. The molecule has 2 aromatic rings. The fourth-order valence-electron chi connectivity index (χ4n) is 3.12. The highest BCUT2D eigenvalue weighted by Crippen LogP contribution is 2.22. The minimum Gasteiger partial charge on any atom is -0.480 e. The molecule has 0 radical (unpaired) electrons. The van der Waals surface area contributed by atoms with Crippen molar-refractivity contribution in [3.05, 3.63) is 35.7 Å². The van der Waals surface area contributed by atoms with E-state index in [-0.39, 0.29) is 19.6 Å². The van der Waals surface area contributed by atoms with Crippen LogP contribution in [0.5, 0.6) is 0 Å². The Morgan fingerprint density at radius 1 is 1.24 bits per heavy atom. The fraction of sp³-hybridized carbons (Fsp3) is 0.455. The van der Waals surface area contributed by atoms with Gasteiger partial charge in [0.1, 0.15) is 12.1 Å². The number of oxime groups is 1. The standard InChI is InChI=1S/C22H27N5O7/c1-3-4-9-32-22(31)25-18(21(29)30)12-23-19(28)11-16-10-17(26-34-16)14-5-7-15(8-6-14)20-24-13(2)33-27-20/h5-8,16,18H,3-4,9-12H2,1-2H3,(H,23,28)(H,25,31)(H,29,30)/t16?,18-/m0/s1. The number of hydrogen-bond acceptors (Lipinski definition) is 9.